The van der Waals surface area contributed by atoms with Crippen molar-refractivity contribution < 1.29 is 0 Å². The van der Waals surface area contributed by atoms with Crippen LogP contribution in [0.25, 0.3) is 0 Å². The van der Waals surface area contributed by atoms with Gasteiger partial charge in [0.1, 0.15) is 5.82 Å². The molecule has 0 aromatic carbocycles. The number of aromatic nitrogens is 2. The van der Waals surface area contributed by atoms with Crippen molar-refractivity contribution in [2.45, 2.75) is 25.3 Å². The second-order valence-corrected chi connectivity index (χ2v) is 2.96. The van der Waals surface area contributed by atoms with E-state index in [4.69, 9.17) is 5.73 Å². The zero-order chi connectivity index (χ0) is 7.84. The maximum atomic E-state index is 5.82. The highest BCUT2D eigenvalue weighted by molar-refractivity contribution is 5.37. The van der Waals surface area contributed by atoms with E-state index in [1.165, 1.54) is 12.8 Å². The maximum Gasteiger partial charge on any atom is 0.126 e. The third kappa shape index (κ3) is 1.00. The van der Waals surface area contributed by atoms with Gasteiger partial charge in [0, 0.05) is 6.04 Å². The molecule has 1 aromatic heterocycles. The first-order valence-electron chi connectivity index (χ1n) is 3.93. The van der Waals surface area contributed by atoms with Crippen molar-refractivity contribution in [2.24, 2.45) is 0 Å². The normalized spacial score (nSPS) is 17.2. The first kappa shape index (κ1) is 6.70. The molecular weight excluding hydrogens is 138 g/mol. The molecule has 0 saturated heterocycles. The van der Waals surface area contributed by atoms with E-state index >= 15 is 0 Å². The average Bonchev–Trinajstić information content (AvgIpc) is 2.77. The predicted molar refractivity (Wildman–Crippen MR) is 44.0 cm³/mol. The van der Waals surface area contributed by atoms with E-state index in [-0.39, 0.29) is 0 Å². The minimum absolute atomic E-state index is 0.628. The molecule has 1 aliphatic rings. The zero-order valence-corrected chi connectivity index (χ0v) is 6.45. The largest absolute Gasteiger partial charge is 0.384 e. The third-order valence-corrected chi connectivity index (χ3v) is 2.09. The average molecular weight is 150 g/mol. The van der Waals surface area contributed by atoms with Gasteiger partial charge < -0.3 is 10.3 Å². The highest BCUT2D eigenvalue weighted by atomic mass is 15.2. The fourth-order valence-corrected chi connectivity index (χ4v) is 1.25. The monoisotopic (exact) mass is 150 g/mol. The van der Waals surface area contributed by atoms with Crippen LogP contribution in [0.1, 0.15) is 24.6 Å². The van der Waals surface area contributed by atoms with E-state index in [9.17, 15) is 0 Å². The van der Waals surface area contributed by atoms with E-state index in [0.717, 1.165) is 11.5 Å². The molecule has 11 heavy (non-hydrogen) atoms. The fourth-order valence-electron chi connectivity index (χ4n) is 1.25. The molecule has 0 aliphatic heterocycles. The Bertz CT molecular complexity index is 260. The van der Waals surface area contributed by atoms with E-state index in [1.807, 2.05) is 6.33 Å². The number of imidazole rings is 1. The predicted octanol–water partition coefficient (Wildman–Crippen LogP) is 1.18. The van der Waals surface area contributed by atoms with Crippen LogP contribution in [-0.4, -0.2) is 9.55 Å². The van der Waals surface area contributed by atoms with E-state index < -0.39 is 0 Å². The molecule has 0 amide bonds. The number of nitrogens with two attached hydrogens (primary N) is 1. The molecule has 1 heterocycles. The lowest BCUT2D eigenvalue weighted by molar-refractivity contribution is 0.750. The Labute approximate surface area is 66.2 Å². The summed E-state index contributed by atoms with van der Waals surface area (Å²) < 4.78 is 2.06. The molecule has 0 spiro atoms. The molecule has 3 heteroatoms. The first-order valence-corrected chi connectivity index (χ1v) is 3.93. The number of nitrogens with zero attached hydrogens (tertiary/aromatic N) is 2. The Morgan fingerprint density at radius 3 is 2.91 bits per heavy atom. The number of rotatable bonds is 2. The van der Waals surface area contributed by atoms with Crippen LogP contribution in [0.3, 0.4) is 0 Å². The molecule has 1 saturated carbocycles. The van der Waals surface area contributed by atoms with Gasteiger partial charge in [0.05, 0.1) is 12.0 Å². The summed E-state index contributed by atoms with van der Waals surface area (Å²) in [5.41, 5.74) is 6.74. The van der Waals surface area contributed by atoms with Gasteiger partial charge in [-0.05, 0) is 26.2 Å². The van der Waals surface area contributed by atoms with Crippen LogP contribution in [0.5, 0.6) is 0 Å². The molecule has 2 N–H and O–H groups in total. The summed E-state index contributed by atoms with van der Waals surface area (Å²) in [5, 5.41) is 0. The second-order valence-electron chi connectivity index (χ2n) is 2.96. The van der Waals surface area contributed by atoms with Gasteiger partial charge in [-0.2, -0.15) is 0 Å². The van der Waals surface area contributed by atoms with Gasteiger partial charge in [0.2, 0.25) is 0 Å². The summed E-state index contributed by atoms with van der Waals surface area (Å²) in [4.78, 5) is 4.17. The SMILES string of the molecule is [CH2]Cc1ncn(C2CC2)c1N. The number of nitrogen functional groups attached to an aromatic ring is 1. The Hall–Kier alpha value is -0.990. The smallest absolute Gasteiger partial charge is 0.126 e. The summed E-state index contributed by atoms with van der Waals surface area (Å²) >= 11 is 0. The lowest BCUT2D eigenvalue weighted by Crippen LogP contribution is -2.00. The standard InChI is InChI=1S/C8H12N3/c1-2-7-8(9)11(5-10-7)6-3-4-6/h5-6H,1-4,9H2. The minimum Gasteiger partial charge on any atom is -0.384 e. The van der Waals surface area contributed by atoms with Crippen LogP contribution in [0, 0.1) is 6.92 Å². The summed E-state index contributed by atoms with van der Waals surface area (Å²) in [7, 11) is 0. The summed E-state index contributed by atoms with van der Waals surface area (Å²) in [6, 6.07) is 0.628. The minimum atomic E-state index is 0.628. The van der Waals surface area contributed by atoms with Crippen LogP contribution >= 0.6 is 0 Å². The number of hydrogen-bond donors (Lipinski definition) is 1. The maximum absolute atomic E-state index is 5.82. The van der Waals surface area contributed by atoms with Crippen molar-refractivity contribution >= 4 is 5.82 Å². The summed E-state index contributed by atoms with van der Waals surface area (Å²) in [6.07, 6.45) is 5.01. The van der Waals surface area contributed by atoms with Crippen molar-refractivity contribution in [3.63, 3.8) is 0 Å². The lowest BCUT2D eigenvalue weighted by atomic mass is 10.3. The first-order chi connectivity index (χ1) is 5.33. The molecule has 0 bridgehead atoms. The van der Waals surface area contributed by atoms with Crippen LogP contribution in [0.15, 0.2) is 6.33 Å². The summed E-state index contributed by atoms with van der Waals surface area (Å²) in [6.45, 7) is 3.75. The molecule has 3 nitrogen and oxygen atoms in total. The molecule has 1 aliphatic carbocycles. The van der Waals surface area contributed by atoms with E-state index in [1.54, 1.807) is 0 Å². The van der Waals surface area contributed by atoms with Crippen molar-refractivity contribution in [1.82, 2.24) is 9.55 Å². The molecule has 59 valence electrons. The Balaban J connectivity index is 2.33. The zero-order valence-electron chi connectivity index (χ0n) is 6.45. The molecule has 1 radical (unpaired) electrons. The number of anilines is 1. The second kappa shape index (κ2) is 2.26. The van der Waals surface area contributed by atoms with Gasteiger partial charge in [-0.25, -0.2) is 4.98 Å². The van der Waals surface area contributed by atoms with Gasteiger partial charge >= 0.3 is 0 Å². The van der Waals surface area contributed by atoms with Gasteiger partial charge in [0.15, 0.2) is 0 Å². The lowest BCUT2D eigenvalue weighted by Gasteiger charge is -2.00. The third-order valence-electron chi connectivity index (χ3n) is 2.09. The van der Waals surface area contributed by atoms with E-state index in [2.05, 4.69) is 16.5 Å². The van der Waals surface area contributed by atoms with Crippen LogP contribution in [0.2, 0.25) is 0 Å². The Morgan fingerprint density at radius 1 is 1.73 bits per heavy atom. The van der Waals surface area contributed by atoms with Gasteiger partial charge in [-0.3, -0.25) is 0 Å². The Morgan fingerprint density at radius 2 is 2.45 bits per heavy atom. The van der Waals surface area contributed by atoms with Crippen LogP contribution in [-0.2, 0) is 6.42 Å². The van der Waals surface area contributed by atoms with Gasteiger partial charge in [-0.15, -0.1) is 0 Å². The molecule has 1 aromatic rings. The highest BCUT2D eigenvalue weighted by Gasteiger charge is 2.25. The molecular formula is C8H12N3. The van der Waals surface area contributed by atoms with Gasteiger partial charge in [-0.1, -0.05) is 0 Å². The summed E-state index contributed by atoms with van der Waals surface area (Å²) in [5.74, 6) is 0.808. The van der Waals surface area contributed by atoms with Crippen molar-refractivity contribution in [2.75, 3.05) is 5.73 Å². The van der Waals surface area contributed by atoms with Gasteiger partial charge in [0.25, 0.3) is 0 Å². The molecule has 0 unspecified atom stereocenters. The molecule has 0 atom stereocenters. The topological polar surface area (TPSA) is 43.8 Å². The van der Waals surface area contributed by atoms with Crippen molar-refractivity contribution in [3.8, 4) is 0 Å². The van der Waals surface area contributed by atoms with Crippen LogP contribution < -0.4 is 5.73 Å². The Kier molecular flexibility index (Phi) is 1.37. The quantitative estimate of drug-likeness (QED) is 0.687. The fraction of sp³-hybridized carbons (Fsp3) is 0.500. The molecule has 1 fully saturated rings. The highest BCUT2D eigenvalue weighted by Crippen LogP contribution is 2.37. The van der Waals surface area contributed by atoms with Crippen molar-refractivity contribution in [3.05, 3.63) is 18.9 Å². The number of hydrogen-bond acceptors (Lipinski definition) is 2. The molecule has 2 rings (SSSR count). The van der Waals surface area contributed by atoms with Crippen LogP contribution in [0.4, 0.5) is 5.82 Å². The van der Waals surface area contributed by atoms with Crippen molar-refractivity contribution in [1.29, 1.82) is 0 Å². The van der Waals surface area contributed by atoms with E-state index in [0.29, 0.717) is 12.5 Å².